The number of aryl methyl sites for hydroxylation is 1. The van der Waals surface area contributed by atoms with Crippen LogP contribution in [0.4, 0.5) is 5.13 Å². The standard InChI is InChI=1S/C21H18ClN5O2S2/c1-12-19(18-7-6-17(31-18)10-23-13(2)28)25-21(30-12)26-20(29)14-9-24-27(11-14)16-5-3-4-15(22)8-16/h3-9,11H,10H2,1-2H3,(H,23,28)(H,25,26,29). The highest BCUT2D eigenvalue weighted by Crippen LogP contribution is 2.34. The second-order valence-corrected chi connectivity index (χ2v) is 9.52. The summed E-state index contributed by atoms with van der Waals surface area (Å²) >= 11 is 9.01. The van der Waals surface area contributed by atoms with Crippen LogP contribution in [-0.2, 0) is 11.3 Å². The van der Waals surface area contributed by atoms with Gasteiger partial charge in [-0.3, -0.25) is 14.9 Å². The number of nitrogens with zero attached hydrogens (tertiary/aromatic N) is 3. The van der Waals surface area contributed by atoms with Crippen LogP contribution in [0, 0.1) is 6.92 Å². The van der Waals surface area contributed by atoms with Crippen molar-refractivity contribution in [2.24, 2.45) is 0 Å². The summed E-state index contributed by atoms with van der Waals surface area (Å²) in [7, 11) is 0. The molecule has 2 amide bonds. The number of rotatable bonds is 6. The van der Waals surface area contributed by atoms with Crippen molar-refractivity contribution in [1.29, 1.82) is 0 Å². The maximum atomic E-state index is 12.7. The fourth-order valence-corrected chi connectivity index (χ4v) is 4.93. The Kier molecular flexibility index (Phi) is 6.17. The Labute approximate surface area is 191 Å². The Morgan fingerprint density at radius 2 is 2.03 bits per heavy atom. The number of benzene rings is 1. The van der Waals surface area contributed by atoms with E-state index in [-0.39, 0.29) is 11.8 Å². The number of hydrogen-bond donors (Lipinski definition) is 2. The van der Waals surface area contributed by atoms with Gasteiger partial charge in [-0.2, -0.15) is 5.10 Å². The zero-order valence-corrected chi connectivity index (χ0v) is 19.1. The summed E-state index contributed by atoms with van der Waals surface area (Å²) in [5.41, 5.74) is 2.02. The van der Waals surface area contributed by atoms with E-state index in [1.807, 2.05) is 31.2 Å². The van der Waals surface area contributed by atoms with Crippen molar-refractivity contribution in [3.05, 3.63) is 69.1 Å². The first-order chi connectivity index (χ1) is 14.9. The van der Waals surface area contributed by atoms with E-state index in [1.165, 1.54) is 24.5 Å². The van der Waals surface area contributed by atoms with Crippen LogP contribution in [0.15, 0.2) is 48.8 Å². The minimum absolute atomic E-state index is 0.0662. The topological polar surface area (TPSA) is 88.9 Å². The highest BCUT2D eigenvalue weighted by molar-refractivity contribution is 7.18. The lowest BCUT2D eigenvalue weighted by Crippen LogP contribution is -2.17. The van der Waals surface area contributed by atoms with Gasteiger partial charge in [0.25, 0.3) is 5.91 Å². The first-order valence-electron chi connectivity index (χ1n) is 9.32. The molecule has 0 radical (unpaired) electrons. The van der Waals surface area contributed by atoms with Gasteiger partial charge in [0.2, 0.25) is 5.91 Å². The number of thiazole rings is 1. The minimum atomic E-state index is -0.286. The lowest BCUT2D eigenvalue weighted by atomic mass is 10.3. The first kappa shape index (κ1) is 21.2. The fraction of sp³-hybridized carbons (Fsp3) is 0.143. The second-order valence-electron chi connectivity index (χ2n) is 6.71. The Morgan fingerprint density at radius 1 is 1.19 bits per heavy atom. The van der Waals surface area contributed by atoms with E-state index >= 15 is 0 Å². The lowest BCUT2D eigenvalue weighted by Gasteiger charge is -2.01. The first-order valence-corrected chi connectivity index (χ1v) is 11.3. The summed E-state index contributed by atoms with van der Waals surface area (Å²) in [4.78, 5) is 31.4. The molecule has 4 rings (SSSR count). The Morgan fingerprint density at radius 3 is 2.81 bits per heavy atom. The summed E-state index contributed by atoms with van der Waals surface area (Å²) in [5, 5.41) is 11.0. The molecule has 1 aromatic carbocycles. The van der Waals surface area contributed by atoms with Gasteiger partial charge in [0.15, 0.2) is 5.13 Å². The molecule has 3 heterocycles. The van der Waals surface area contributed by atoms with Gasteiger partial charge in [-0.1, -0.05) is 17.7 Å². The highest BCUT2D eigenvalue weighted by atomic mass is 35.5. The van der Waals surface area contributed by atoms with E-state index in [0.29, 0.717) is 22.3 Å². The molecule has 0 fully saturated rings. The molecule has 0 atom stereocenters. The molecular weight excluding hydrogens is 454 g/mol. The van der Waals surface area contributed by atoms with Crippen molar-refractivity contribution >= 4 is 51.2 Å². The van der Waals surface area contributed by atoms with Crippen LogP contribution in [0.2, 0.25) is 5.02 Å². The molecule has 0 aliphatic rings. The molecule has 31 heavy (non-hydrogen) atoms. The third kappa shape index (κ3) is 5.01. The summed E-state index contributed by atoms with van der Waals surface area (Å²) in [6.07, 6.45) is 3.15. The van der Waals surface area contributed by atoms with Gasteiger partial charge in [0, 0.05) is 27.9 Å². The van der Waals surface area contributed by atoms with E-state index in [4.69, 9.17) is 11.6 Å². The number of halogens is 1. The SMILES string of the molecule is CC(=O)NCc1ccc(-c2nc(NC(=O)c3cnn(-c4cccc(Cl)c4)c3)sc2C)s1. The highest BCUT2D eigenvalue weighted by Gasteiger charge is 2.16. The molecule has 4 aromatic rings. The number of amides is 2. The van der Waals surface area contributed by atoms with Crippen molar-refractivity contribution in [3.63, 3.8) is 0 Å². The third-order valence-electron chi connectivity index (χ3n) is 4.34. The zero-order valence-electron chi connectivity index (χ0n) is 16.7. The molecule has 0 saturated carbocycles. The molecule has 3 aromatic heterocycles. The van der Waals surface area contributed by atoms with Crippen molar-refractivity contribution < 1.29 is 9.59 Å². The average molecular weight is 472 g/mol. The summed E-state index contributed by atoms with van der Waals surface area (Å²) in [6.45, 7) is 3.95. The monoisotopic (exact) mass is 471 g/mol. The predicted molar refractivity (Wildman–Crippen MR) is 124 cm³/mol. The minimum Gasteiger partial charge on any atom is -0.351 e. The van der Waals surface area contributed by atoms with Crippen molar-refractivity contribution in [2.45, 2.75) is 20.4 Å². The van der Waals surface area contributed by atoms with Crippen molar-refractivity contribution in [2.75, 3.05) is 5.32 Å². The van der Waals surface area contributed by atoms with Gasteiger partial charge in [0.1, 0.15) is 0 Å². The summed E-state index contributed by atoms with van der Waals surface area (Å²) in [5.74, 6) is -0.352. The largest absolute Gasteiger partial charge is 0.351 e. The maximum absolute atomic E-state index is 12.7. The Hall–Kier alpha value is -3.01. The number of carbonyl (C=O) groups is 2. The van der Waals surface area contributed by atoms with E-state index in [0.717, 1.165) is 26.0 Å². The molecule has 158 valence electrons. The van der Waals surface area contributed by atoms with Gasteiger partial charge in [-0.05, 0) is 37.3 Å². The number of nitrogens with one attached hydrogen (secondary N) is 2. The molecule has 0 unspecified atom stereocenters. The van der Waals surface area contributed by atoms with Gasteiger partial charge in [-0.25, -0.2) is 9.67 Å². The molecular formula is C21H18ClN5O2S2. The molecule has 10 heteroatoms. The van der Waals surface area contributed by atoms with Crippen LogP contribution in [0.1, 0.15) is 27.0 Å². The maximum Gasteiger partial charge on any atom is 0.260 e. The molecule has 2 N–H and O–H groups in total. The molecule has 0 bridgehead atoms. The van der Waals surface area contributed by atoms with E-state index in [2.05, 4.69) is 20.7 Å². The zero-order chi connectivity index (χ0) is 22.0. The summed E-state index contributed by atoms with van der Waals surface area (Å²) in [6, 6.07) is 11.2. The number of aromatic nitrogens is 3. The molecule has 0 spiro atoms. The lowest BCUT2D eigenvalue weighted by molar-refractivity contribution is -0.119. The van der Waals surface area contributed by atoms with Crippen molar-refractivity contribution in [3.8, 4) is 16.3 Å². The van der Waals surface area contributed by atoms with E-state index in [9.17, 15) is 9.59 Å². The quantitative estimate of drug-likeness (QED) is 0.418. The number of carbonyl (C=O) groups excluding carboxylic acids is 2. The third-order valence-corrected chi connectivity index (χ3v) is 6.55. The van der Waals surface area contributed by atoms with Gasteiger partial charge >= 0.3 is 0 Å². The van der Waals surface area contributed by atoms with Crippen LogP contribution < -0.4 is 10.6 Å². The molecule has 0 aliphatic heterocycles. The smallest absolute Gasteiger partial charge is 0.260 e. The molecule has 0 saturated heterocycles. The summed E-state index contributed by atoms with van der Waals surface area (Å²) < 4.78 is 1.60. The van der Waals surface area contributed by atoms with E-state index in [1.54, 1.807) is 34.3 Å². The van der Waals surface area contributed by atoms with Gasteiger partial charge in [-0.15, -0.1) is 22.7 Å². The number of anilines is 1. The normalized spacial score (nSPS) is 10.8. The Bertz CT molecular complexity index is 1260. The van der Waals surface area contributed by atoms with Crippen LogP contribution in [-0.4, -0.2) is 26.6 Å². The van der Waals surface area contributed by atoms with Crippen LogP contribution >= 0.6 is 34.3 Å². The predicted octanol–water partition coefficient (Wildman–Crippen LogP) is 4.91. The molecule has 0 aliphatic carbocycles. The van der Waals surface area contributed by atoms with Crippen LogP contribution in [0.5, 0.6) is 0 Å². The molecule has 7 nitrogen and oxygen atoms in total. The van der Waals surface area contributed by atoms with Crippen molar-refractivity contribution in [1.82, 2.24) is 20.1 Å². The van der Waals surface area contributed by atoms with Gasteiger partial charge in [0.05, 0.1) is 34.6 Å². The second kappa shape index (κ2) is 9.01. The van der Waals surface area contributed by atoms with E-state index < -0.39 is 0 Å². The van der Waals surface area contributed by atoms with Crippen LogP contribution in [0.25, 0.3) is 16.3 Å². The van der Waals surface area contributed by atoms with Crippen LogP contribution in [0.3, 0.4) is 0 Å². The number of hydrogen-bond acceptors (Lipinski definition) is 6. The van der Waals surface area contributed by atoms with Gasteiger partial charge < -0.3 is 5.32 Å². The number of thiophene rings is 1. The average Bonchev–Trinajstić information content (AvgIpc) is 3.46. The fourth-order valence-electron chi connectivity index (χ4n) is 2.86. The Balaban J connectivity index is 1.47.